The van der Waals surface area contributed by atoms with Gasteiger partial charge in [0.15, 0.2) is 0 Å². The number of hydrogen-bond donors (Lipinski definition) is 0. The molecule has 0 N–H and O–H groups in total. The van der Waals surface area contributed by atoms with Gasteiger partial charge in [-0.15, -0.1) is 0 Å². The van der Waals surface area contributed by atoms with Crippen molar-refractivity contribution in [3.63, 3.8) is 0 Å². The van der Waals surface area contributed by atoms with Gasteiger partial charge in [-0.05, 0) is 74.0 Å². The summed E-state index contributed by atoms with van der Waals surface area (Å²) in [6.07, 6.45) is -3.18. The molecule has 0 bridgehead atoms. The fourth-order valence-corrected chi connectivity index (χ4v) is 4.11. The second-order valence-corrected chi connectivity index (χ2v) is 7.89. The van der Waals surface area contributed by atoms with Crippen molar-refractivity contribution < 1.29 is 22.7 Å². The first-order chi connectivity index (χ1) is 16.3. The lowest BCUT2D eigenvalue weighted by atomic mass is 10.0. The molecule has 34 heavy (non-hydrogen) atoms. The van der Waals surface area contributed by atoms with Crippen molar-refractivity contribution in [2.75, 3.05) is 25.1 Å². The van der Waals surface area contributed by atoms with Crippen LogP contribution in [0.15, 0.2) is 72.9 Å². The molecule has 176 valence electrons. The van der Waals surface area contributed by atoms with E-state index in [-0.39, 0.29) is 5.78 Å². The Kier molecular flexibility index (Phi) is 6.37. The number of anilines is 1. The van der Waals surface area contributed by atoms with Crippen LogP contribution in [-0.2, 0) is 6.18 Å². The minimum Gasteiger partial charge on any atom is -0.497 e. The largest absolute Gasteiger partial charge is 0.497 e. The molecule has 0 amide bonds. The van der Waals surface area contributed by atoms with Crippen LogP contribution in [0, 0.1) is 0 Å². The zero-order chi connectivity index (χ0) is 24.5. The van der Waals surface area contributed by atoms with Gasteiger partial charge in [0.1, 0.15) is 5.75 Å². The Labute approximate surface area is 196 Å². The molecule has 2 heterocycles. The monoisotopic (exact) mass is 466 g/mol. The highest BCUT2D eigenvalue weighted by atomic mass is 19.4. The number of halogens is 3. The lowest BCUT2D eigenvalue weighted by Gasteiger charge is -2.21. The number of aromatic nitrogens is 1. The number of hydrogen-bond acceptors (Lipinski definition) is 3. The van der Waals surface area contributed by atoms with Crippen LogP contribution in [0.3, 0.4) is 0 Å². The molecule has 2 aromatic heterocycles. The van der Waals surface area contributed by atoms with Crippen LogP contribution in [0.5, 0.6) is 5.75 Å². The van der Waals surface area contributed by atoms with Gasteiger partial charge in [0.05, 0.1) is 23.9 Å². The average Bonchev–Trinajstić information content (AvgIpc) is 3.23. The van der Waals surface area contributed by atoms with E-state index in [1.807, 2.05) is 12.1 Å². The van der Waals surface area contributed by atoms with Crippen molar-refractivity contribution in [1.29, 1.82) is 0 Å². The number of benzene rings is 2. The van der Waals surface area contributed by atoms with Crippen molar-refractivity contribution in [1.82, 2.24) is 4.40 Å². The molecule has 0 radical (unpaired) electrons. The maximum absolute atomic E-state index is 13.4. The van der Waals surface area contributed by atoms with E-state index in [1.165, 1.54) is 10.6 Å². The number of ether oxygens (including phenoxy) is 1. The number of rotatable bonds is 7. The van der Waals surface area contributed by atoms with Crippen molar-refractivity contribution in [2.24, 2.45) is 0 Å². The Hall–Kier alpha value is -3.74. The molecule has 4 aromatic rings. The summed E-state index contributed by atoms with van der Waals surface area (Å²) in [6.45, 7) is 5.82. The van der Waals surface area contributed by atoms with Gasteiger partial charge in [-0.25, -0.2) is 0 Å². The van der Waals surface area contributed by atoms with Gasteiger partial charge in [-0.1, -0.05) is 12.1 Å². The van der Waals surface area contributed by atoms with E-state index < -0.39 is 11.7 Å². The highest BCUT2D eigenvalue weighted by Crippen LogP contribution is 2.35. The number of fused-ring (bicyclic) bond motifs is 1. The van der Waals surface area contributed by atoms with Crippen LogP contribution < -0.4 is 9.64 Å². The first-order valence-corrected chi connectivity index (χ1v) is 11.0. The quantitative estimate of drug-likeness (QED) is 0.284. The first-order valence-electron chi connectivity index (χ1n) is 11.0. The number of ketones is 1. The minimum absolute atomic E-state index is 0.263. The summed E-state index contributed by atoms with van der Waals surface area (Å²) in [4.78, 5) is 15.6. The molecule has 0 saturated heterocycles. The lowest BCUT2D eigenvalue weighted by Crippen LogP contribution is -2.21. The highest BCUT2D eigenvalue weighted by molar-refractivity contribution is 6.10. The molecule has 0 spiro atoms. The van der Waals surface area contributed by atoms with Gasteiger partial charge in [0, 0.05) is 36.1 Å². The molecule has 7 heteroatoms. The Morgan fingerprint density at radius 2 is 1.59 bits per heavy atom. The molecule has 0 aliphatic heterocycles. The Morgan fingerprint density at radius 1 is 0.941 bits per heavy atom. The van der Waals surface area contributed by atoms with Gasteiger partial charge in [0.25, 0.3) is 0 Å². The molecule has 4 rings (SSSR count). The number of carbonyl (C=O) groups excluding carboxylic acids is 1. The van der Waals surface area contributed by atoms with Crippen LogP contribution in [0.1, 0.15) is 35.5 Å². The summed E-state index contributed by atoms with van der Waals surface area (Å²) in [5.41, 5.74) is 2.54. The SMILES string of the molecule is CCN(CC)c1ccc(C(=O)c2cc(-c3ccc(OC)cc3)c3cc(C(F)(F)F)ccn23)cc1. The van der Waals surface area contributed by atoms with Crippen LogP contribution in [-0.4, -0.2) is 30.4 Å². The summed E-state index contributed by atoms with van der Waals surface area (Å²) in [5.74, 6) is 0.369. The third-order valence-electron chi connectivity index (χ3n) is 5.99. The first kappa shape index (κ1) is 23.4. The van der Waals surface area contributed by atoms with Gasteiger partial charge < -0.3 is 14.0 Å². The van der Waals surface area contributed by atoms with Gasteiger partial charge in [0.2, 0.25) is 5.78 Å². The van der Waals surface area contributed by atoms with E-state index in [1.54, 1.807) is 49.6 Å². The Bertz CT molecular complexity index is 1300. The van der Waals surface area contributed by atoms with E-state index in [2.05, 4.69) is 18.7 Å². The molecule has 0 aliphatic rings. The number of carbonyl (C=O) groups is 1. The topological polar surface area (TPSA) is 34.0 Å². The van der Waals surface area contributed by atoms with Crippen LogP contribution in [0.4, 0.5) is 18.9 Å². The molecule has 2 aromatic carbocycles. The molecular formula is C27H25F3N2O2. The molecule has 0 saturated carbocycles. The highest BCUT2D eigenvalue weighted by Gasteiger charge is 2.31. The molecule has 0 aliphatic carbocycles. The van der Waals surface area contributed by atoms with Gasteiger partial charge in [-0.3, -0.25) is 4.79 Å². The van der Waals surface area contributed by atoms with Crippen molar-refractivity contribution in [2.45, 2.75) is 20.0 Å². The second-order valence-electron chi connectivity index (χ2n) is 7.89. The average molecular weight is 467 g/mol. The zero-order valence-corrected chi connectivity index (χ0v) is 19.2. The third-order valence-corrected chi connectivity index (χ3v) is 5.99. The molecule has 0 fully saturated rings. The van der Waals surface area contributed by atoms with E-state index in [4.69, 9.17) is 4.74 Å². The van der Waals surface area contributed by atoms with E-state index in [0.29, 0.717) is 33.7 Å². The van der Waals surface area contributed by atoms with Crippen molar-refractivity contribution in [3.05, 3.63) is 89.7 Å². The van der Waals surface area contributed by atoms with Crippen molar-refractivity contribution >= 4 is 17.0 Å². The van der Waals surface area contributed by atoms with E-state index in [9.17, 15) is 18.0 Å². The normalized spacial score (nSPS) is 11.6. The standard InChI is InChI=1S/C27H25F3N2O2/c1-4-31(5-2)21-10-6-19(7-11-21)26(33)25-17-23(18-8-12-22(34-3)13-9-18)24-16-20(27(28,29)30)14-15-32(24)25/h6-17H,4-5H2,1-3H3. The number of nitrogens with zero attached hydrogens (tertiary/aromatic N) is 2. The molecular weight excluding hydrogens is 441 g/mol. The zero-order valence-electron chi connectivity index (χ0n) is 19.2. The Morgan fingerprint density at radius 3 is 2.15 bits per heavy atom. The predicted octanol–water partition coefficient (Wildman–Crippen LogP) is 6.71. The van der Waals surface area contributed by atoms with Gasteiger partial charge in [-0.2, -0.15) is 13.2 Å². The fourth-order valence-electron chi connectivity index (χ4n) is 4.11. The summed E-state index contributed by atoms with van der Waals surface area (Å²) in [6, 6.07) is 18.0. The number of pyridine rings is 1. The van der Waals surface area contributed by atoms with Crippen LogP contribution >= 0.6 is 0 Å². The summed E-state index contributed by atoms with van der Waals surface area (Å²) >= 11 is 0. The maximum atomic E-state index is 13.4. The molecule has 0 unspecified atom stereocenters. The number of methoxy groups -OCH3 is 1. The molecule has 0 atom stereocenters. The second kappa shape index (κ2) is 9.25. The summed E-state index contributed by atoms with van der Waals surface area (Å²) in [5, 5.41) is 0. The van der Waals surface area contributed by atoms with E-state index in [0.717, 1.165) is 30.9 Å². The molecule has 4 nitrogen and oxygen atoms in total. The van der Waals surface area contributed by atoms with Crippen LogP contribution in [0.2, 0.25) is 0 Å². The summed E-state index contributed by atoms with van der Waals surface area (Å²) < 4.78 is 47.0. The third kappa shape index (κ3) is 4.38. The lowest BCUT2D eigenvalue weighted by molar-refractivity contribution is -0.137. The van der Waals surface area contributed by atoms with E-state index >= 15 is 0 Å². The Balaban J connectivity index is 1.83. The van der Waals surface area contributed by atoms with Crippen molar-refractivity contribution in [3.8, 4) is 16.9 Å². The minimum atomic E-state index is -4.49. The smallest absolute Gasteiger partial charge is 0.416 e. The number of alkyl halides is 3. The summed E-state index contributed by atoms with van der Waals surface area (Å²) in [7, 11) is 1.54. The van der Waals surface area contributed by atoms with Crippen LogP contribution in [0.25, 0.3) is 16.6 Å². The fraction of sp³-hybridized carbons (Fsp3) is 0.222. The van der Waals surface area contributed by atoms with Gasteiger partial charge >= 0.3 is 6.18 Å². The predicted molar refractivity (Wildman–Crippen MR) is 128 cm³/mol. The maximum Gasteiger partial charge on any atom is 0.416 e.